The van der Waals surface area contributed by atoms with Gasteiger partial charge >= 0.3 is 0 Å². The summed E-state index contributed by atoms with van der Waals surface area (Å²) in [6, 6.07) is 6.33. The van der Waals surface area contributed by atoms with Gasteiger partial charge in [0.25, 0.3) is 0 Å². The van der Waals surface area contributed by atoms with E-state index in [4.69, 9.17) is 10.5 Å². The molecule has 0 aliphatic carbocycles. The van der Waals surface area contributed by atoms with Crippen LogP contribution in [-0.2, 0) is 0 Å². The molecule has 0 unspecified atom stereocenters. The summed E-state index contributed by atoms with van der Waals surface area (Å²) in [6.45, 7) is 2.82. The second kappa shape index (κ2) is 3.99. The summed E-state index contributed by atoms with van der Waals surface area (Å²) in [5.74, 6) is 0.958. The quantitative estimate of drug-likeness (QED) is 0.696. The third-order valence-corrected chi connectivity index (χ3v) is 2.25. The minimum atomic E-state index is 0. The fourth-order valence-electron chi connectivity index (χ4n) is 1.54. The fraction of sp³-hybridized carbons (Fsp3) is 0.400. The van der Waals surface area contributed by atoms with Gasteiger partial charge in [-0.2, -0.15) is 0 Å². The maximum Gasteiger partial charge on any atom is 0.124 e. The molecule has 1 aromatic carbocycles. The van der Waals surface area contributed by atoms with Crippen molar-refractivity contribution in [2.24, 2.45) is 5.73 Å². The maximum absolute atomic E-state index is 5.94. The molecule has 1 heterocycles. The summed E-state index contributed by atoms with van der Waals surface area (Å²) in [7, 11) is 0. The molecular formula is C10H14ClNO. The molecule has 72 valence electrons. The van der Waals surface area contributed by atoms with Crippen molar-refractivity contribution in [3.63, 3.8) is 0 Å². The van der Waals surface area contributed by atoms with Crippen LogP contribution in [0.2, 0.25) is 0 Å². The van der Waals surface area contributed by atoms with E-state index in [-0.39, 0.29) is 18.4 Å². The number of nitrogens with two attached hydrogens (primary N) is 1. The van der Waals surface area contributed by atoms with Gasteiger partial charge in [0.2, 0.25) is 0 Å². The lowest BCUT2D eigenvalue weighted by Crippen LogP contribution is -2.20. The van der Waals surface area contributed by atoms with Crippen molar-refractivity contribution in [1.29, 1.82) is 0 Å². The average Bonchev–Trinajstić information content (AvgIpc) is 2.07. The van der Waals surface area contributed by atoms with Crippen LogP contribution in [0, 0.1) is 6.92 Å². The zero-order valence-electron chi connectivity index (χ0n) is 7.62. The summed E-state index contributed by atoms with van der Waals surface area (Å²) >= 11 is 0. The topological polar surface area (TPSA) is 35.2 Å². The van der Waals surface area contributed by atoms with Crippen molar-refractivity contribution in [2.75, 3.05) is 6.61 Å². The predicted octanol–water partition coefficient (Wildman–Crippen LogP) is 2.20. The van der Waals surface area contributed by atoms with Crippen molar-refractivity contribution in [2.45, 2.75) is 19.4 Å². The van der Waals surface area contributed by atoms with E-state index in [1.54, 1.807) is 0 Å². The first-order valence-electron chi connectivity index (χ1n) is 4.26. The molecule has 3 heteroatoms. The molecule has 0 fully saturated rings. The van der Waals surface area contributed by atoms with E-state index in [9.17, 15) is 0 Å². The number of ether oxygens (including phenoxy) is 1. The van der Waals surface area contributed by atoms with Crippen LogP contribution in [0.4, 0.5) is 0 Å². The smallest absolute Gasteiger partial charge is 0.124 e. The second-order valence-electron chi connectivity index (χ2n) is 3.28. The minimum absolute atomic E-state index is 0. The van der Waals surface area contributed by atoms with Gasteiger partial charge < -0.3 is 10.5 Å². The van der Waals surface area contributed by atoms with Crippen LogP contribution in [0.15, 0.2) is 18.2 Å². The fourth-order valence-corrected chi connectivity index (χ4v) is 1.54. The number of rotatable bonds is 0. The maximum atomic E-state index is 5.94. The molecule has 2 nitrogen and oxygen atoms in total. The molecule has 0 amide bonds. The van der Waals surface area contributed by atoms with Gasteiger partial charge in [0.1, 0.15) is 5.75 Å². The number of halogens is 1. The second-order valence-corrected chi connectivity index (χ2v) is 3.28. The molecule has 2 rings (SSSR count). The summed E-state index contributed by atoms with van der Waals surface area (Å²) in [5, 5.41) is 0. The van der Waals surface area contributed by atoms with Gasteiger partial charge in [-0.3, -0.25) is 0 Å². The number of aryl methyl sites for hydroxylation is 1. The lowest BCUT2D eigenvalue weighted by atomic mass is 10.00. The van der Waals surface area contributed by atoms with Crippen LogP contribution in [0.1, 0.15) is 23.6 Å². The van der Waals surface area contributed by atoms with Crippen molar-refractivity contribution in [3.05, 3.63) is 29.3 Å². The van der Waals surface area contributed by atoms with Crippen molar-refractivity contribution in [3.8, 4) is 5.75 Å². The van der Waals surface area contributed by atoms with E-state index in [0.717, 1.165) is 24.3 Å². The van der Waals surface area contributed by atoms with E-state index in [1.165, 1.54) is 5.56 Å². The van der Waals surface area contributed by atoms with Crippen LogP contribution in [0.5, 0.6) is 5.75 Å². The number of hydrogen-bond acceptors (Lipinski definition) is 2. The van der Waals surface area contributed by atoms with Gasteiger partial charge in [-0.15, -0.1) is 12.4 Å². The van der Waals surface area contributed by atoms with E-state index in [1.807, 2.05) is 6.07 Å². The highest BCUT2D eigenvalue weighted by Crippen LogP contribution is 2.30. The van der Waals surface area contributed by atoms with Crippen LogP contribution in [-0.4, -0.2) is 6.61 Å². The molecule has 1 aromatic rings. The number of hydrogen-bond donors (Lipinski definition) is 1. The van der Waals surface area contributed by atoms with E-state index >= 15 is 0 Å². The molecule has 1 aliphatic rings. The van der Waals surface area contributed by atoms with Crippen LogP contribution in [0.3, 0.4) is 0 Å². The average molecular weight is 200 g/mol. The van der Waals surface area contributed by atoms with Gasteiger partial charge in [-0.1, -0.05) is 17.7 Å². The van der Waals surface area contributed by atoms with Crippen LogP contribution >= 0.6 is 12.4 Å². The molecule has 0 bridgehead atoms. The molecule has 0 saturated carbocycles. The van der Waals surface area contributed by atoms with Crippen molar-refractivity contribution >= 4 is 12.4 Å². The third-order valence-electron chi connectivity index (χ3n) is 2.25. The van der Waals surface area contributed by atoms with Gasteiger partial charge in [-0.25, -0.2) is 0 Å². The van der Waals surface area contributed by atoms with Gasteiger partial charge in [0.15, 0.2) is 0 Å². The third kappa shape index (κ3) is 1.95. The summed E-state index contributed by atoms with van der Waals surface area (Å²) in [4.78, 5) is 0. The van der Waals surface area contributed by atoms with Crippen LogP contribution in [0.25, 0.3) is 0 Å². The van der Waals surface area contributed by atoms with Gasteiger partial charge in [-0.05, 0) is 13.0 Å². The zero-order chi connectivity index (χ0) is 8.55. The molecule has 0 radical (unpaired) electrons. The lowest BCUT2D eigenvalue weighted by molar-refractivity contribution is 0.269. The molecule has 2 N–H and O–H groups in total. The zero-order valence-corrected chi connectivity index (χ0v) is 8.43. The Morgan fingerprint density at radius 2 is 2.23 bits per heavy atom. The Kier molecular flexibility index (Phi) is 3.17. The highest BCUT2D eigenvalue weighted by Gasteiger charge is 2.17. The Hall–Kier alpha value is -0.730. The molecule has 0 spiro atoms. The molecule has 0 aromatic heterocycles. The Labute approximate surface area is 84.5 Å². The molecule has 13 heavy (non-hydrogen) atoms. The largest absolute Gasteiger partial charge is 0.493 e. The van der Waals surface area contributed by atoms with Gasteiger partial charge in [0.05, 0.1) is 6.61 Å². The first-order valence-corrected chi connectivity index (χ1v) is 4.26. The van der Waals surface area contributed by atoms with E-state index < -0.39 is 0 Å². The Morgan fingerprint density at radius 3 is 3.00 bits per heavy atom. The Balaban J connectivity index is 0.000000845. The normalized spacial score (nSPS) is 19.7. The molecule has 1 atom stereocenters. The summed E-state index contributed by atoms with van der Waals surface area (Å²) in [6.07, 6.45) is 0.927. The first kappa shape index (κ1) is 10.4. The monoisotopic (exact) mass is 199 g/mol. The minimum Gasteiger partial charge on any atom is -0.493 e. The van der Waals surface area contributed by atoms with E-state index in [2.05, 4.69) is 19.1 Å². The van der Waals surface area contributed by atoms with Crippen molar-refractivity contribution < 1.29 is 4.74 Å². The molecular weight excluding hydrogens is 186 g/mol. The number of fused-ring (bicyclic) bond motifs is 1. The Bertz CT molecular complexity index is 301. The Morgan fingerprint density at radius 1 is 1.46 bits per heavy atom. The molecule has 1 aliphatic heterocycles. The highest BCUT2D eigenvalue weighted by atomic mass is 35.5. The van der Waals surface area contributed by atoms with Crippen molar-refractivity contribution in [1.82, 2.24) is 0 Å². The summed E-state index contributed by atoms with van der Waals surface area (Å²) in [5.41, 5.74) is 8.33. The number of benzene rings is 1. The standard InChI is InChI=1S/C10H13NO.ClH/c1-7-2-3-10-8(6-7)9(11)4-5-12-10;/h2-3,6,9H,4-5,11H2,1H3;1H/t9-;/m0./s1. The first-order chi connectivity index (χ1) is 5.77. The highest BCUT2D eigenvalue weighted by molar-refractivity contribution is 5.85. The van der Waals surface area contributed by atoms with Gasteiger partial charge in [0, 0.05) is 18.0 Å². The van der Waals surface area contributed by atoms with E-state index in [0.29, 0.717) is 0 Å². The lowest BCUT2D eigenvalue weighted by Gasteiger charge is -2.22. The SMILES string of the molecule is Cc1ccc2c(c1)[C@@H](N)CCO2.Cl. The molecule has 0 saturated heterocycles. The van der Waals surface area contributed by atoms with Crippen LogP contribution < -0.4 is 10.5 Å². The predicted molar refractivity (Wildman–Crippen MR) is 55.5 cm³/mol. The summed E-state index contributed by atoms with van der Waals surface area (Å²) < 4.78 is 5.47.